The van der Waals surface area contributed by atoms with Gasteiger partial charge in [0.2, 0.25) is 0 Å². The molecule has 5 unspecified atom stereocenters. The zero-order valence-corrected chi connectivity index (χ0v) is 14.2. The predicted octanol–water partition coefficient (Wildman–Crippen LogP) is 4.24. The largest absolute Gasteiger partial charge is 0.377 e. The Morgan fingerprint density at radius 2 is 1.70 bits per heavy atom. The van der Waals surface area contributed by atoms with Crippen molar-refractivity contribution in [2.45, 2.75) is 77.4 Å². The summed E-state index contributed by atoms with van der Waals surface area (Å²) in [5.74, 6) is 3.33. The van der Waals surface area contributed by atoms with Crippen molar-refractivity contribution in [1.82, 2.24) is 5.32 Å². The number of ether oxygens (including phenoxy) is 1. The standard InChI is InChI=1S/C18H35NO/c1-13-7-6-8-18(12-13,20-5)17(19-4)16-10-14(2)9-15(3)11-16/h13-17,19H,6-12H2,1-5H3. The van der Waals surface area contributed by atoms with Gasteiger partial charge in [0, 0.05) is 13.2 Å². The second-order valence-corrected chi connectivity index (χ2v) is 7.91. The topological polar surface area (TPSA) is 21.3 Å². The molecule has 2 saturated carbocycles. The fourth-order valence-corrected chi connectivity index (χ4v) is 5.35. The quantitative estimate of drug-likeness (QED) is 0.832. The van der Waals surface area contributed by atoms with Gasteiger partial charge in [-0.3, -0.25) is 0 Å². The summed E-state index contributed by atoms with van der Waals surface area (Å²) in [7, 11) is 4.09. The van der Waals surface area contributed by atoms with Gasteiger partial charge in [-0.15, -0.1) is 0 Å². The highest BCUT2D eigenvalue weighted by Gasteiger charge is 2.46. The summed E-state index contributed by atoms with van der Waals surface area (Å²) >= 11 is 0. The van der Waals surface area contributed by atoms with Gasteiger partial charge in [-0.25, -0.2) is 0 Å². The Bertz CT molecular complexity index is 296. The molecule has 2 aliphatic carbocycles. The maximum Gasteiger partial charge on any atom is 0.0836 e. The molecule has 0 heterocycles. The van der Waals surface area contributed by atoms with Crippen LogP contribution >= 0.6 is 0 Å². The van der Waals surface area contributed by atoms with E-state index in [1.54, 1.807) is 0 Å². The molecular weight excluding hydrogens is 246 g/mol. The predicted molar refractivity (Wildman–Crippen MR) is 85.9 cm³/mol. The molecule has 0 aromatic heterocycles. The van der Waals surface area contributed by atoms with Crippen molar-refractivity contribution in [2.75, 3.05) is 14.2 Å². The number of hydrogen-bond acceptors (Lipinski definition) is 2. The second-order valence-electron chi connectivity index (χ2n) is 7.91. The van der Waals surface area contributed by atoms with Crippen LogP contribution in [0.1, 0.15) is 65.7 Å². The molecule has 0 spiro atoms. The first-order valence-corrected chi connectivity index (χ1v) is 8.73. The van der Waals surface area contributed by atoms with Gasteiger partial charge in [0.25, 0.3) is 0 Å². The summed E-state index contributed by atoms with van der Waals surface area (Å²) in [6.07, 6.45) is 9.31. The minimum absolute atomic E-state index is 0.0772. The van der Waals surface area contributed by atoms with Crippen LogP contribution in [-0.2, 0) is 4.74 Å². The summed E-state index contributed by atoms with van der Waals surface area (Å²) in [6, 6.07) is 0.528. The maximum atomic E-state index is 6.16. The molecule has 0 radical (unpaired) electrons. The van der Waals surface area contributed by atoms with E-state index in [0.29, 0.717) is 6.04 Å². The third kappa shape index (κ3) is 3.39. The van der Waals surface area contributed by atoms with Crippen molar-refractivity contribution in [1.29, 1.82) is 0 Å². The van der Waals surface area contributed by atoms with Crippen LogP contribution in [0.2, 0.25) is 0 Å². The Morgan fingerprint density at radius 3 is 2.20 bits per heavy atom. The molecule has 20 heavy (non-hydrogen) atoms. The zero-order chi connectivity index (χ0) is 14.8. The minimum Gasteiger partial charge on any atom is -0.377 e. The molecule has 2 aliphatic rings. The van der Waals surface area contributed by atoms with Crippen LogP contribution in [0, 0.1) is 23.7 Å². The minimum atomic E-state index is 0.0772. The summed E-state index contributed by atoms with van der Waals surface area (Å²) < 4.78 is 6.16. The van der Waals surface area contributed by atoms with Crippen molar-refractivity contribution in [3.63, 3.8) is 0 Å². The van der Waals surface area contributed by atoms with Gasteiger partial charge in [0.05, 0.1) is 5.60 Å². The van der Waals surface area contributed by atoms with Gasteiger partial charge in [-0.1, -0.05) is 33.6 Å². The lowest BCUT2D eigenvalue weighted by atomic mass is 9.65. The van der Waals surface area contributed by atoms with E-state index in [0.717, 1.165) is 23.7 Å². The first kappa shape index (κ1) is 16.3. The maximum absolute atomic E-state index is 6.16. The Morgan fingerprint density at radius 1 is 1.05 bits per heavy atom. The molecule has 0 aromatic carbocycles. The van der Waals surface area contributed by atoms with Crippen LogP contribution in [0.4, 0.5) is 0 Å². The molecule has 0 aliphatic heterocycles. The number of likely N-dealkylation sites (N-methyl/N-ethyl adjacent to an activating group) is 1. The Labute approximate surface area is 126 Å². The normalized spacial score (nSPS) is 44.2. The van der Waals surface area contributed by atoms with Crippen molar-refractivity contribution in [2.24, 2.45) is 23.7 Å². The van der Waals surface area contributed by atoms with Crippen molar-refractivity contribution >= 4 is 0 Å². The molecule has 2 nitrogen and oxygen atoms in total. The summed E-state index contributed by atoms with van der Waals surface area (Å²) in [5, 5.41) is 3.67. The number of nitrogens with one attached hydrogen (secondary N) is 1. The highest BCUT2D eigenvalue weighted by atomic mass is 16.5. The number of hydrogen-bond donors (Lipinski definition) is 1. The third-order valence-corrected chi connectivity index (χ3v) is 5.96. The number of methoxy groups -OCH3 is 1. The van der Waals surface area contributed by atoms with Gasteiger partial charge in [-0.05, 0) is 62.8 Å². The Hall–Kier alpha value is -0.0800. The van der Waals surface area contributed by atoms with Gasteiger partial charge in [-0.2, -0.15) is 0 Å². The van der Waals surface area contributed by atoms with E-state index in [1.165, 1.54) is 44.9 Å². The van der Waals surface area contributed by atoms with Crippen molar-refractivity contribution < 1.29 is 4.74 Å². The highest BCUT2D eigenvalue weighted by Crippen LogP contribution is 2.44. The third-order valence-electron chi connectivity index (χ3n) is 5.96. The molecule has 5 atom stereocenters. The molecule has 0 saturated heterocycles. The van der Waals surface area contributed by atoms with E-state index in [-0.39, 0.29) is 5.60 Å². The molecule has 0 amide bonds. The molecule has 2 fully saturated rings. The van der Waals surface area contributed by atoms with Crippen LogP contribution in [-0.4, -0.2) is 25.8 Å². The number of rotatable bonds is 4. The van der Waals surface area contributed by atoms with E-state index in [1.807, 2.05) is 7.11 Å². The van der Waals surface area contributed by atoms with Crippen LogP contribution in [0.3, 0.4) is 0 Å². The first-order valence-electron chi connectivity index (χ1n) is 8.73. The molecule has 0 aromatic rings. The monoisotopic (exact) mass is 281 g/mol. The van der Waals surface area contributed by atoms with E-state index >= 15 is 0 Å². The average Bonchev–Trinajstić information content (AvgIpc) is 2.38. The van der Waals surface area contributed by atoms with Gasteiger partial charge < -0.3 is 10.1 Å². The average molecular weight is 281 g/mol. The van der Waals surface area contributed by atoms with Gasteiger partial charge >= 0.3 is 0 Å². The molecule has 118 valence electrons. The smallest absolute Gasteiger partial charge is 0.0836 e. The van der Waals surface area contributed by atoms with E-state index in [2.05, 4.69) is 33.1 Å². The molecule has 2 heteroatoms. The van der Waals surface area contributed by atoms with E-state index < -0.39 is 0 Å². The molecule has 1 N–H and O–H groups in total. The first-order chi connectivity index (χ1) is 9.50. The Kier molecular flexibility index (Phi) is 5.53. The van der Waals surface area contributed by atoms with Crippen LogP contribution < -0.4 is 5.32 Å². The fourth-order valence-electron chi connectivity index (χ4n) is 5.35. The van der Waals surface area contributed by atoms with Crippen LogP contribution in [0.25, 0.3) is 0 Å². The Balaban J connectivity index is 2.16. The lowest BCUT2D eigenvalue weighted by Crippen LogP contribution is -2.57. The molecular formula is C18H35NO. The molecule has 0 bridgehead atoms. The van der Waals surface area contributed by atoms with Gasteiger partial charge in [0.1, 0.15) is 0 Å². The molecule has 2 rings (SSSR count). The van der Waals surface area contributed by atoms with Gasteiger partial charge in [0.15, 0.2) is 0 Å². The highest BCUT2D eigenvalue weighted by molar-refractivity contribution is 5.00. The fraction of sp³-hybridized carbons (Fsp3) is 1.00. The SMILES string of the molecule is CNC(C1CC(C)CC(C)C1)C1(OC)CCCC(C)C1. The van der Waals surface area contributed by atoms with Crippen molar-refractivity contribution in [3.8, 4) is 0 Å². The lowest BCUT2D eigenvalue weighted by Gasteiger charge is -2.49. The zero-order valence-electron chi connectivity index (χ0n) is 14.2. The van der Waals surface area contributed by atoms with Crippen molar-refractivity contribution in [3.05, 3.63) is 0 Å². The lowest BCUT2D eigenvalue weighted by molar-refractivity contribution is -0.0976. The van der Waals surface area contributed by atoms with Crippen LogP contribution in [0.15, 0.2) is 0 Å². The van der Waals surface area contributed by atoms with E-state index in [4.69, 9.17) is 4.74 Å². The summed E-state index contributed by atoms with van der Waals surface area (Å²) in [4.78, 5) is 0. The summed E-state index contributed by atoms with van der Waals surface area (Å²) in [6.45, 7) is 7.25. The summed E-state index contributed by atoms with van der Waals surface area (Å²) in [5.41, 5.74) is 0.0772. The second kappa shape index (κ2) is 6.79. The van der Waals surface area contributed by atoms with Crippen LogP contribution in [0.5, 0.6) is 0 Å². The van der Waals surface area contributed by atoms with E-state index in [9.17, 15) is 0 Å².